The zero-order valence-corrected chi connectivity index (χ0v) is 14.0. The third-order valence-corrected chi connectivity index (χ3v) is 4.52. The number of guanidine groups is 1. The molecule has 124 valence electrons. The number of nitrogens with zero attached hydrogens (tertiary/aromatic N) is 2. The number of amides is 1. The van der Waals surface area contributed by atoms with E-state index in [0.717, 1.165) is 42.6 Å². The van der Waals surface area contributed by atoms with Gasteiger partial charge in [-0.25, -0.2) is 4.99 Å². The molecule has 5 nitrogen and oxygen atoms in total. The highest BCUT2D eigenvalue weighted by molar-refractivity contribution is 5.95. The molecule has 1 saturated heterocycles. The van der Waals surface area contributed by atoms with Crippen molar-refractivity contribution in [1.82, 2.24) is 10.6 Å². The van der Waals surface area contributed by atoms with Crippen molar-refractivity contribution in [3.8, 4) is 0 Å². The van der Waals surface area contributed by atoms with E-state index < -0.39 is 0 Å². The number of nitrogens with one attached hydrogen (secondary N) is 2. The molecule has 5 heteroatoms. The summed E-state index contributed by atoms with van der Waals surface area (Å²) in [5.41, 5.74) is 2.15. The molecule has 0 bridgehead atoms. The molecule has 2 unspecified atom stereocenters. The normalized spacial score (nSPS) is 24.0. The number of hydrogen-bond donors (Lipinski definition) is 2. The summed E-state index contributed by atoms with van der Waals surface area (Å²) in [5, 5.41) is 6.75. The Hall–Kier alpha value is -2.04. The fourth-order valence-electron chi connectivity index (χ4n) is 2.89. The predicted octanol–water partition coefficient (Wildman–Crippen LogP) is 2.28. The molecule has 1 aliphatic carbocycles. The molecular formula is C18H26N4O. The monoisotopic (exact) mass is 314 g/mol. The molecule has 0 spiro atoms. The summed E-state index contributed by atoms with van der Waals surface area (Å²) in [6.07, 6.45) is 2.86. The first-order valence-electron chi connectivity index (χ1n) is 8.61. The lowest BCUT2D eigenvalue weighted by Crippen LogP contribution is -2.39. The van der Waals surface area contributed by atoms with Gasteiger partial charge in [0.15, 0.2) is 5.96 Å². The lowest BCUT2D eigenvalue weighted by molar-refractivity contribution is -0.117. The van der Waals surface area contributed by atoms with Gasteiger partial charge >= 0.3 is 0 Å². The first kappa shape index (κ1) is 15.8. The van der Waals surface area contributed by atoms with Crippen LogP contribution in [0.2, 0.25) is 0 Å². The van der Waals surface area contributed by atoms with Crippen LogP contribution < -0.4 is 15.5 Å². The minimum Gasteiger partial charge on any atom is -0.357 e. The highest BCUT2D eigenvalue weighted by Gasteiger charge is 2.33. The molecule has 1 saturated carbocycles. The van der Waals surface area contributed by atoms with Crippen LogP contribution >= 0.6 is 0 Å². The van der Waals surface area contributed by atoms with Crippen LogP contribution in [0.15, 0.2) is 29.3 Å². The fourth-order valence-corrected chi connectivity index (χ4v) is 2.89. The zero-order chi connectivity index (χ0) is 16.2. The van der Waals surface area contributed by atoms with Crippen molar-refractivity contribution in [2.45, 2.75) is 45.7 Å². The van der Waals surface area contributed by atoms with Gasteiger partial charge in [-0.2, -0.15) is 0 Å². The second-order valence-corrected chi connectivity index (χ2v) is 6.47. The number of hydrogen-bond acceptors (Lipinski definition) is 2. The van der Waals surface area contributed by atoms with Crippen molar-refractivity contribution in [3.63, 3.8) is 0 Å². The Morgan fingerprint density at radius 2 is 2.09 bits per heavy atom. The number of rotatable bonds is 5. The smallest absolute Gasteiger partial charge is 0.227 e. The van der Waals surface area contributed by atoms with Gasteiger partial charge in [0.25, 0.3) is 0 Å². The summed E-state index contributed by atoms with van der Waals surface area (Å²) in [5.74, 6) is 1.87. The van der Waals surface area contributed by atoms with Crippen LogP contribution in [0.1, 0.15) is 38.7 Å². The van der Waals surface area contributed by atoms with Crippen LogP contribution in [-0.2, 0) is 11.3 Å². The van der Waals surface area contributed by atoms with Crippen molar-refractivity contribution < 1.29 is 4.79 Å². The minimum atomic E-state index is 0.230. The molecule has 3 rings (SSSR count). The zero-order valence-electron chi connectivity index (χ0n) is 14.0. The third-order valence-electron chi connectivity index (χ3n) is 4.52. The van der Waals surface area contributed by atoms with Gasteiger partial charge in [-0.3, -0.25) is 4.79 Å². The topological polar surface area (TPSA) is 56.7 Å². The van der Waals surface area contributed by atoms with E-state index in [1.54, 1.807) is 0 Å². The number of aliphatic imine (C=N–C) groups is 1. The highest BCUT2D eigenvalue weighted by Crippen LogP contribution is 2.28. The molecule has 23 heavy (non-hydrogen) atoms. The van der Waals surface area contributed by atoms with E-state index in [0.29, 0.717) is 19.0 Å². The van der Waals surface area contributed by atoms with Gasteiger partial charge in [-0.1, -0.05) is 19.1 Å². The van der Waals surface area contributed by atoms with E-state index in [4.69, 9.17) is 0 Å². The Kier molecular flexibility index (Phi) is 4.84. The number of benzene rings is 1. The largest absolute Gasteiger partial charge is 0.357 e. The van der Waals surface area contributed by atoms with Gasteiger partial charge in [0.1, 0.15) is 0 Å². The second-order valence-electron chi connectivity index (χ2n) is 6.47. The summed E-state index contributed by atoms with van der Waals surface area (Å²) in [7, 11) is 0. The van der Waals surface area contributed by atoms with Crippen LogP contribution in [0.3, 0.4) is 0 Å². The van der Waals surface area contributed by atoms with E-state index in [1.807, 2.05) is 17.0 Å². The Morgan fingerprint density at radius 1 is 1.35 bits per heavy atom. The van der Waals surface area contributed by atoms with Crippen LogP contribution in [0.25, 0.3) is 0 Å². The van der Waals surface area contributed by atoms with Crippen LogP contribution in [0.5, 0.6) is 0 Å². The van der Waals surface area contributed by atoms with Gasteiger partial charge in [0, 0.05) is 31.2 Å². The summed E-state index contributed by atoms with van der Waals surface area (Å²) in [6.45, 7) is 6.67. The van der Waals surface area contributed by atoms with Crippen LogP contribution in [0, 0.1) is 5.92 Å². The predicted molar refractivity (Wildman–Crippen MR) is 93.5 cm³/mol. The van der Waals surface area contributed by atoms with E-state index in [9.17, 15) is 4.79 Å². The van der Waals surface area contributed by atoms with Crippen LogP contribution in [-0.4, -0.2) is 31.0 Å². The molecule has 1 aromatic carbocycles. The summed E-state index contributed by atoms with van der Waals surface area (Å²) >= 11 is 0. The van der Waals surface area contributed by atoms with Gasteiger partial charge < -0.3 is 15.5 Å². The first-order valence-corrected chi connectivity index (χ1v) is 8.61. The number of carbonyl (C=O) groups excluding carboxylic acids is 1. The van der Waals surface area contributed by atoms with Crippen molar-refractivity contribution in [2.24, 2.45) is 10.9 Å². The molecule has 1 heterocycles. The van der Waals surface area contributed by atoms with E-state index in [2.05, 4.69) is 41.6 Å². The Bertz CT molecular complexity index is 581. The second kappa shape index (κ2) is 7.02. The van der Waals surface area contributed by atoms with E-state index >= 15 is 0 Å². The maximum Gasteiger partial charge on any atom is 0.227 e. The van der Waals surface area contributed by atoms with Crippen molar-refractivity contribution >= 4 is 17.6 Å². The maximum absolute atomic E-state index is 11.8. The number of anilines is 1. The molecule has 2 N–H and O–H groups in total. The van der Waals surface area contributed by atoms with E-state index in [-0.39, 0.29) is 5.91 Å². The lowest BCUT2D eigenvalue weighted by Gasteiger charge is -2.16. The van der Waals surface area contributed by atoms with Crippen molar-refractivity contribution in [1.29, 1.82) is 0 Å². The molecule has 2 atom stereocenters. The van der Waals surface area contributed by atoms with E-state index in [1.165, 1.54) is 6.42 Å². The highest BCUT2D eigenvalue weighted by atomic mass is 16.2. The Labute approximate surface area is 138 Å². The quantitative estimate of drug-likeness (QED) is 0.647. The molecule has 1 amide bonds. The standard InChI is InChI=1S/C18H26N4O/c1-3-19-18(21-16-11-13(16)2)20-12-14-6-8-15(9-7-14)22-10-4-5-17(22)23/h6-9,13,16H,3-5,10-12H2,1-2H3,(H2,19,20,21). The Balaban J connectivity index is 1.60. The average Bonchev–Trinajstić information content (AvgIpc) is 3.06. The fraction of sp³-hybridized carbons (Fsp3) is 0.556. The van der Waals surface area contributed by atoms with Gasteiger partial charge in [0.2, 0.25) is 5.91 Å². The molecule has 0 aromatic heterocycles. The van der Waals surface area contributed by atoms with Gasteiger partial charge in [-0.05, 0) is 43.4 Å². The first-order chi connectivity index (χ1) is 11.2. The molecule has 0 radical (unpaired) electrons. The molecule has 1 aliphatic heterocycles. The summed E-state index contributed by atoms with van der Waals surface area (Å²) < 4.78 is 0. The molecule has 2 fully saturated rings. The average molecular weight is 314 g/mol. The number of carbonyl (C=O) groups is 1. The Morgan fingerprint density at radius 3 is 2.65 bits per heavy atom. The molecule has 2 aliphatic rings. The van der Waals surface area contributed by atoms with Crippen molar-refractivity contribution in [2.75, 3.05) is 18.0 Å². The summed E-state index contributed by atoms with van der Waals surface area (Å²) in [4.78, 5) is 18.3. The minimum absolute atomic E-state index is 0.230. The van der Waals surface area contributed by atoms with Gasteiger partial charge in [0.05, 0.1) is 6.54 Å². The van der Waals surface area contributed by atoms with Crippen LogP contribution in [0.4, 0.5) is 5.69 Å². The maximum atomic E-state index is 11.8. The molecule has 1 aromatic rings. The lowest BCUT2D eigenvalue weighted by atomic mass is 10.2. The third kappa shape index (κ3) is 4.03. The molecular weight excluding hydrogens is 288 g/mol. The summed E-state index contributed by atoms with van der Waals surface area (Å²) in [6, 6.07) is 8.74. The SMILES string of the molecule is CCNC(=NCc1ccc(N2CCCC2=O)cc1)NC1CC1C. The van der Waals surface area contributed by atoms with Gasteiger partial charge in [-0.15, -0.1) is 0 Å². The van der Waals surface area contributed by atoms with Crippen molar-refractivity contribution in [3.05, 3.63) is 29.8 Å².